The highest BCUT2D eigenvalue weighted by Gasteiger charge is 2.33. The molecule has 0 rings (SSSR count). The monoisotopic (exact) mass is 515 g/mol. The maximum absolute atomic E-state index is 13.1. The van der Waals surface area contributed by atoms with Gasteiger partial charge in [0, 0.05) is 13.0 Å². The Morgan fingerprint density at radius 1 is 0.861 bits per heavy atom. The molecular formula is C22H41N7O7. The van der Waals surface area contributed by atoms with E-state index in [1.54, 1.807) is 20.8 Å². The number of carbonyl (C=O) groups excluding carboxylic acids is 3. The third kappa shape index (κ3) is 12.3. The predicted molar refractivity (Wildman–Crippen MR) is 132 cm³/mol. The summed E-state index contributed by atoms with van der Waals surface area (Å²) < 4.78 is 0. The Balaban J connectivity index is 5.40. The van der Waals surface area contributed by atoms with Crippen LogP contribution in [-0.2, 0) is 24.0 Å². The van der Waals surface area contributed by atoms with Gasteiger partial charge in [-0.25, -0.2) is 4.79 Å². The summed E-state index contributed by atoms with van der Waals surface area (Å²) in [6, 6.07) is -4.47. The van der Waals surface area contributed by atoms with Crippen molar-refractivity contribution in [3.8, 4) is 0 Å². The molecule has 5 unspecified atom stereocenters. The van der Waals surface area contributed by atoms with Crippen molar-refractivity contribution in [2.45, 2.75) is 84.0 Å². The number of nitrogens with zero attached hydrogens (tertiary/aromatic N) is 1. The molecule has 0 fully saturated rings. The molecule has 0 saturated carbocycles. The van der Waals surface area contributed by atoms with Crippen molar-refractivity contribution < 1.29 is 34.2 Å². The number of carbonyl (C=O) groups is 5. The zero-order valence-corrected chi connectivity index (χ0v) is 21.3. The second kappa shape index (κ2) is 16.3. The largest absolute Gasteiger partial charge is 0.481 e. The van der Waals surface area contributed by atoms with Gasteiger partial charge in [0.2, 0.25) is 17.7 Å². The number of amides is 3. The molecule has 5 atom stereocenters. The number of aliphatic imine (C=N–C) groups is 1. The lowest BCUT2D eigenvalue weighted by atomic mass is 9.95. The molecule has 14 heteroatoms. The highest BCUT2D eigenvalue weighted by molar-refractivity contribution is 5.94. The lowest BCUT2D eigenvalue weighted by Gasteiger charge is -2.29. The van der Waals surface area contributed by atoms with Gasteiger partial charge in [-0.1, -0.05) is 34.1 Å². The van der Waals surface area contributed by atoms with Gasteiger partial charge in [-0.15, -0.1) is 0 Å². The molecule has 0 aliphatic carbocycles. The number of hydrogen-bond donors (Lipinski definition) is 8. The first-order chi connectivity index (χ1) is 16.7. The average Bonchev–Trinajstić information content (AvgIpc) is 2.79. The van der Waals surface area contributed by atoms with E-state index < -0.39 is 59.7 Å². The minimum atomic E-state index is -1.25. The van der Waals surface area contributed by atoms with Crippen molar-refractivity contribution >= 4 is 35.6 Å². The summed E-state index contributed by atoms with van der Waals surface area (Å²) in [5, 5.41) is 25.8. The molecule has 206 valence electrons. The van der Waals surface area contributed by atoms with Crippen LogP contribution in [0.25, 0.3) is 0 Å². The van der Waals surface area contributed by atoms with E-state index in [0.29, 0.717) is 12.8 Å². The number of aliphatic carboxylic acids is 2. The SMILES string of the molecule is CCC(C)C(NC(=O)C(N)CCC(=O)O)C(=O)NC(C(=O)NC(CCCN=C(N)N)C(=O)O)C(C)C. The third-order valence-electron chi connectivity index (χ3n) is 5.61. The number of carboxylic acids is 2. The second-order valence-electron chi connectivity index (χ2n) is 8.99. The van der Waals surface area contributed by atoms with Gasteiger partial charge in [0.15, 0.2) is 5.96 Å². The number of nitrogens with one attached hydrogen (secondary N) is 3. The Kier molecular flexibility index (Phi) is 14.7. The van der Waals surface area contributed by atoms with E-state index >= 15 is 0 Å². The number of rotatable bonds is 17. The van der Waals surface area contributed by atoms with Crippen LogP contribution in [0.5, 0.6) is 0 Å². The number of carboxylic acid groups (broad SMARTS) is 2. The van der Waals surface area contributed by atoms with Crippen LogP contribution in [0.1, 0.15) is 59.8 Å². The van der Waals surface area contributed by atoms with Gasteiger partial charge < -0.3 is 43.4 Å². The Labute approximate surface area is 210 Å². The van der Waals surface area contributed by atoms with E-state index in [1.807, 2.05) is 6.92 Å². The summed E-state index contributed by atoms with van der Waals surface area (Å²) >= 11 is 0. The van der Waals surface area contributed by atoms with E-state index in [4.69, 9.17) is 22.3 Å². The molecule has 0 aliphatic heterocycles. The highest BCUT2D eigenvalue weighted by Crippen LogP contribution is 2.11. The molecule has 3 amide bonds. The van der Waals surface area contributed by atoms with Gasteiger partial charge in [0.25, 0.3) is 0 Å². The fraction of sp³-hybridized carbons (Fsp3) is 0.727. The van der Waals surface area contributed by atoms with Crippen LogP contribution in [0, 0.1) is 11.8 Å². The molecule has 0 aromatic carbocycles. The van der Waals surface area contributed by atoms with Crippen LogP contribution < -0.4 is 33.2 Å². The molecule has 0 bridgehead atoms. The maximum atomic E-state index is 13.1. The molecule has 14 nitrogen and oxygen atoms in total. The minimum Gasteiger partial charge on any atom is -0.481 e. The lowest BCUT2D eigenvalue weighted by Crippen LogP contribution is -2.59. The van der Waals surface area contributed by atoms with Crippen molar-refractivity contribution in [3.05, 3.63) is 0 Å². The normalized spacial score (nSPS) is 15.1. The number of hydrogen-bond acceptors (Lipinski definition) is 7. The van der Waals surface area contributed by atoms with Crippen molar-refractivity contribution in [1.29, 1.82) is 0 Å². The Bertz CT molecular complexity index is 800. The van der Waals surface area contributed by atoms with Gasteiger partial charge in [-0.05, 0) is 31.1 Å². The lowest BCUT2D eigenvalue weighted by molar-refractivity contribution is -0.143. The first-order valence-corrected chi connectivity index (χ1v) is 11.9. The molecule has 0 aromatic heterocycles. The van der Waals surface area contributed by atoms with Crippen molar-refractivity contribution in [2.24, 2.45) is 34.0 Å². The first kappa shape index (κ1) is 32.6. The van der Waals surface area contributed by atoms with Gasteiger partial charge in [-0.2, -0.15) is 0 Å². The van der Waals surface area contributed by atoms with E-state index in [9.17, 15) is 29.1 Å². The average molecular weight is 516 g/mol. The topological polar surface area (TPSA) is 252 Å². The minimum absolute atomic E-state index is 0.0659. The highest BCUT2D eigenvalue weighted by atomic mass is 16.4. The van der Waals surface area contributed by atoms with Crippen LogP contribution in [0.4, 0.5) is 0 Å². The third-order valence-corrected chi connectivity index (χ3v) is 5.61. The van der Waals surface area contributed by atoms with E-state index in [-0.39, 0.29) is 37.7 Å². The predicted octanol–water partition coefficient (Wildman–Crippen LogP) is -1.53. The van der Waals surface area contributed by atoms with E-state index in [0.717, 1.165) is 0 Å². The van der Waals surface area contributed by atoms with Gasteiger partial charge in [-0.3, -0.25) is 24.2 Å². The zero-order chi connectivity index (χ0) is 28.0. The van der Waals surface area contributed by atoms with Crippen molar-refractivity contribution in [3.63, 3.8) is 0 Å². The van der Waals surface area contributed by atoms with Gasteiger partial charge in [0.05, 0.1) is 6.04 Å². The Hall–Kier alpha value is -3.42. The van der Waals surface area contributed by atoms with Crippen LogP contribution in [0.15, 0.2) is 4.99 Å². The van der Waals surface area contributed by atoms with E-state index in [1.165, 1.54) is 0 Å². The van der Waals surface area contributed by atoms with Crippen LogP contribution in [0.3, 0.4) is 0 Å². The molecule has 11 N–H and O–H groups in total. The smallest absolute Gasteiger partial charge is 0.326 e. The molecule has 36 heavy (non-hydrogen) atoms. The molecule has 0 saturated heterocycles. The molecule has 0 radical (unpaired) electrons. The number of guanidine groups is 1. The Morgan fingerprint density at radius 2 is 1.42 bits per heavy atom. The molecule has 0 aromatic rings. The second-order valence-corrected chi connectivity index (χ2v) is 8.99. The first-order valence-electron chi connectivity index (χ1n) is 11.9. The quantitative estimate of drug-likeness (QED) is 0.0630. The van der Waals surface area contributed by atoms with Gasteiger partial charge in [0.1, 0.15) is 18.1 Å². The van der Waals surface area contributed by atoms with Crippen molar-refractivity contribution in [2.75, 3.05) is 6.54 Å². The summed E-state index contributed by atoms with van der Waals surface area (Å²) in [6.45, 7) is 7.09. The Morgan fingerprint density at radius 3 is 1.89 bits per heavy atom. The summed E-state index contributed by atoms with van der Waals surface area (Å²) in [4.78, 5) is 64.6. The number of nitrogens with two attached hydrogens (primary N) is 3. The maximum Gasteiger partial charge on any atom is 0.326 e. The standard InChI is InChI=1S/C22H41N7O7/c1-5-12(4)17(29-18(32)13(23)8-9-15(30)31)20(34)28-16(11(2)3)19(33)27-14(21(35)36)7-6-10-26-22(24)25/h11-14,16-17H,5-10,23H2,1-4H3,(H,27,33)(H,28,34)(H,29,32)(H,30,31)(H,35,36)(H4,24,25,26). The van der Waals surface area contributed by atoms with Crippen molar-refractivity contribution in [1.82, 2.24) is 16.0 Å². The molecule has 0 aliphatic rings. The fourth-order valence-corrected chi connectivity index (χ4v) is 3.17. The van der Waals surface area contributed by atoms with Gasteiger partial charge >= 0.3 is 11.9 Å². The summed E-state index contributed by atoms with van der Waals surface area (Å²) in [5.41, 5.74) is 16.2. The fourth-order valence-electron chi connectivity index (χ4n) is 3.17. The summed E-state index contributed by atoms with van der Waals surface area (Å²) in [6.07, 6.45) is 0.473. The van der Waals surface area contributed by atoms with E-state index in [2.05, 4.69) is 20.9 Å². The van der Waals surface area contributed by atoms with Crippen LogP contribution in [-0.4, -0.2) is 76.5 Å². The molecule has 0 heterocycles. The summed E-state index contributed by atoms with van der Waals surface area (Å²) in [7, 11) is 0. The van der Waals surface area contributed by atoms with Crippen LogP contribution in [0.2, 0.25) is 0 Å². The molecular weight excluding hydrogens is 474 g/mol. The summed E-state index contributed by atoms with van der Waals surface area (Å²) in [5.74, 6) is -5.24. The zero-order valence-electron chi connectivity index (χ0n) is 21.3. The molecule has 0 spiro atoms. The van der Waals surface area contributed by atoms with Crippen LogP contribution >= 0.6 is 0 Å².